The van der Waals surface area contributed by atoms with Gasteiger partial charge in [0.15, 0.2) is 11.4 Å². The van der Waals surface area contributed by atoms with Crippen molar-refractivity contribution < 1.29 is 19.2 Å². The van der Waals surface area contributed by atoms with Crippen LogP contribution in [-0.2, 0) is 9.53 Å². The van der Waals surface area contributed by atoms with E-state index in [1.165, 1.54) is 25.3 Å². The summed E-state index contributed by atoms with van der Waals surface area (Å²) < 4.78 is 10.1. The van der Waals surface area contributed by atoms with E-state index in [-0.39, 0.29) is 23.0 Å². The van der Waals surface area contributed by atoms with Gasteiger partial charge in [-0.3, -0.25) is 10.1 Å². The number of aliphatic imine (C=N–C) groups is 1. The molecular formula is C18H14N2O5. The number of carbonyl (C=O) groups is 1. The summed E-state index contributed by atoms with van der Waals surface area (Å²) in [6, 6.07) is 11.8. The molecule has 0 spiro atoms. The number of esters is 1. The van der Waals surface area contributed by atoms with Crippen molar-refractivity contribution in [3.05, 3.63) is 75.0 Å². The standard InChI is InChI=1S/C18H14N2O5/c1-11-3-6-13(7-4-11)17-19-14(18(21)25-17)9-12-5-8-16(24-2)15(10-12)20(22)23/h3-10H,1-2H3/b14-9+. The van der Waals surface area contributed by atoms with E-state index in [0.29, 0.717) is 11.1 Å². The predicted octanol–water partition coefficient (Wildman–Crippen LogP) is 3.26. The minimum absolute atomic E-state index is 0.0787. The maximum atomic E-state index is 12.0. The zero-order valence-electron chi connectivity index (χ0n) is 13.6. The lowest BCUT2D eigenvalue weighted by Gasteiger charge is -2.02. The van der Waals surface area contributed by atoms with E-state index in [9.17, 15) is 14.9 Å². The first-order valence-corrected chi connectivity index (χ1v) is 7.40. The highest BCUT2D eigenvalue weighted by molar-refractivity contribution is 6.12. The van der Waals surface area contributed by atoms with Crippen LogP contribution >= 0.6 is 0 Å². The molecule has 0 N–H and O–H groups in total. The molecule has 0 unspecified atom stereocenters. The third kappa shape index (κ3) is 3.40. The number of nitro groups is 1. The molecule has 7 nitrogen and oxygen atoms in total. The van der Waals surface area contributed by atoms with Crippen LogP contribution in [0.3, 0.4) is 0 Å². The van der Waals surface area contributed by atoms with Crippen LogP contribution in [0.4, 0.5) is 5.69 Å². The lowest BCUT2D eigenvalue weighted by molar-refractivity contribution is -0.385. The van der Waals surface area contributed by atoms with Crippen LogP contribution in [0.2, 0.25) is 0 Å². The van der Waals surface area contributed by atoms with E-state index >= 15 is 0 Å². The summed E-state index contributed by atoms with van der Waals surface area (Å²) >= 11 is 0. The van der Waals surface area contributed by atoms with E-state index in [1.807, 2.05) is 31.2 Å². The summed E-state index contributed by atoms with van der Waals surface area (Å²) in [5.41, 5.74) is 2.10. The predicted molar refractivity (Wildman–Crippen MR) is 91.4 cm³/mol. The highest BCUT2D eigenvalue weighted by atomic mass is 16.6. The number of methoxy groups -OCH3 is 1. The molecule has 2 aromatic rings. The Hall–Kier alpha value is -3.48. The zero-order chi connectivity index (χ0) is 18.0. The largest absolute Gasteiger partial charge is 0.490 e. The average Bonchev–Trinajstić information content (AvgIpc) is 2.96. The fourth-order valence-electron chi connectivity index (χ4n) is 2.33. The van der Waals surface area contributed by atoms with Gasteiger partial charge < -0.3 is 9.47 Å². The maximum absolute atomic E-state index is 12.0. The monoisotopic (exact) mass is 338 g/mol. The molecule has 1 aliphatic rings. The van der Waals surface area contributed by atoms with E-state index in [1.54, 1.807) is 6.07 Å². The molecule has 0 atom stereocenters. The third-order valence-corrected chi connectivity index (χ3v) is 3.62. The second kappa shape index (κ2) is 6.56. The average molecular weight is 338 g/mol. The molecule has 0 amide bonds. The second-order valence-corrected chi connectivity index (χ2v) is 5.39. The molecular weight excluding hydrogens is 324 g/mol. The summed E-state index contributed by atoms with van der Waals surface area (Å²) in [5.74, 6) is -0.252. The van der Waals surface area contributed by atoms with Crippen molar-refractivity contribution in [1.29, 1.82) is 0 Å². The SMILES string of the molecule is COc1ccc(/C=C2/N=C(c3ccc(C)cc3)OC2=O)cc1[N+](=O)[O-]. The number of aryl methyl sites for hydroxylation is 1. The van der Waals surface area contributed by atoms with Crippen molar-refractivity contribution in [2.75, 3.05) is 7.11 Å². The van der Waals surface area contributed by atoms with Crippen LogP contribution in [0.5, 0.6) is 5.75 Å². The van der Waals surface area contributed by atoms with Gasteiger partial charge in [-0.05, 0) is 36.8 Å². The van der Waals surface area contributed by atoms with E-state index < -0.39 is 10.9 Å². The Balaban J connectivity index is 1.95. The van der Waals surface area contributed by atoms with Gasteiger partial charge in [0, 0.05) is 11.6 Å². The molecule has 3 rings (SSSR count). The van der Waals surface area contributed by atoms with Gasteiger partial charge in [0.25, 0.3) is 0 Å². The van der Waals surface area contributed by atoms with Crippen molar-refractivity contribution in [1.82, 2.24) is 0 Å². The van der Waals surface area contributed by atoms with Crippen LogP contribution < -0.4 is 4.74 Å². The zero-order valence-corrected chi connectivity index (χ0v) is 13.6. The quantitative estimate of drug-likeness (QED) is 0.369. The molecule has 0 radical (unpaired) electrons. The molecule has 0 saturated heterocycles. The van der Waals surface area contributed by atoms with Gasteiger partial charge >= 0.3 is 11.7 Å². The number of hydrogen-bond acceptors (Lipinski definition) is 6. The summed E-state index contributed by atoms with van der Waals surface area (Å²) in [6.45, 7) is 1.95. The van der Waals surface area contributed by atoms with Crippen LogP contribution in [0.1, 0.15) is 16.7 Å². The van der Waals surface area contributed by atoms with Gasteiger partial charge in [-0.1, -0.05) is 23.8 Å². The van der Waals surface area contributed by atoms with Crippen molar-refractivity contribution >= 4 is 23.6 Å². The van der Waals surface area contributed by atoms with Crippen molar-refractivity contribution in [2.45, 2.75) is 6.92 Å². The minimum Gasteiger partial charge on any atom is -0.490 e. The van der Waals surface area contributed by atoms with E-state index in [2.05, 4.69) is 4.99 Å². The number of rotatable bonds is 4. The van der Waals surface area contributed by atoms with Crippen LogP contribution in [0, 0.1) is 17.0 Å². The minimum atomic E-state index is -0.603. The van der Waals surface area contributed by atoms with Crippen LogP contribution in [0.25, 0.3) is 6.08 Å². The topological polar surface area (TPSA) is 91.0 Å². The molecule has 0 saturated carbocycles. The van der Waals surface area contributed by atoms with Gasteiger partial charge in [0.1, 0.15) is 0 Å². The van der Waals surface area contributed by atoms with Crippen molar-refractivity contribution in [3.63, 3.8) is 0 Å². The molecule has 0 aromatic heterocycles. The lowest BCUT2D eigenvalue weighted by atomic mass is 10.1. The van der Waals surface area contributed by atoms with Gasteiger partial charge in [-0.25, -0.2) is 9.79 Å². The van der Waals surface area contributed by atoms with Gasteiger partial charge in [-0.2, -0.15) is 0 Å². The summed E-state index contributed by atoms with van der Waals surface area (Å²) in [6.07, 6.45) is 1.44. The van der Waals surface area contributed by atoms with Gasteiger partial charge in [0.2, 0.25) is 5.90 Å². The highest BCUT2D eigenvalue weighted by Gasteiger charge is 2.24. The first-order valence-electron chi connectivity index (χ1n) is 7.40. The number of nitrogens with zero attached hydrogens (tertiary/aromatic N) is 2. The van der Waals surface area contributed by atoms with E-state index in [0.717, 1.165) is 5.56 Å². The first kappa shape index (κ1) is 16.4. The fraction of sp³-hybridized carbons (Fsp3) is 0.111. The Morgan fingerprint density at radius 1 is 1.20 bits per heavy atom. The maximum Gasteiger partial charge on any atom is 0.363 e. The number of hydrogen-bond donors (Lipinski definition) is 0. The Kier molecular flexibility index (Phi) is 4.30. The molecule has 7 heteroatoms. The molecule has 1 aliphatic heterocycles. The molecule has 0 fully saturated rings. The van der Waals surface area contributed by atoms with Crippen LogP contribution in [0.15, 0.2) is 53.2 Å². The van der Waals surface area contributed by atoms with Crippen LogP contribution in [-0.4, -0.2) is 23.9 Å². The Morgan fingerprint density at radius 2 is 1.92 bits per heavy atom. The third-order valence-electron chi connectivity index (χ3n) is 3.62. The normalized spacial score (nSPS) is 15.0. The van der Waals surface area contributed by atoms with E-state index in [4.69, 9.17) is 9.47 Å². The molecule has 0 aliphatic carbocycles. The number of cyclic esters (lactones) is 1. The Morgan fingerprint density at radius 3 is 2.56 bits per heavy atom. The Bertz CT molecular complexity index is 914. The fourth-order valence-corrected chi connectivity index (χ4v) is 2.33. The number of carbonyl (C=O) groups excluding carboxylic acids is 1. The number of ether oxygens (including phenoxy) is 2. The molecule has 2 aromatic carbocycles. The first-order chi connectivity index (χ1) is 12.0. The summed E-state index contributed by atoms with van der Waals surface area (Å²) in [7, 11) is 1.35. The lowest BCUT2D eigenvalue weighted by Crippen LogP contribution is -2.05. The molecule has 25 heavy (non-hydrogen) atoms. The highest BCUT2D eigenvalue weighted by Crippen LogP contribution is 2.29. The molecule has 0 bridgehead atoms. The molecule has 126 valence electrons. The van der Waals surface area contributed by atoms with Crippen molar-refractivity contribution in [2.24, 2.45) is 4.99 Å². The summed E-state index contributed by atoms with van der Waals surface area (Å²) in [5, 5.41) is 11.1. The van der Waals surface area contributed by atoms with Crippen molar-refractivity contribution in [3.8, 4) is 5.75 Å². The second-order valence-electron chi connectivity index (χ2n) is 5.39. The molecule has 1 heterocycles. The number of nitro benzene ring substituents is 1. The number of benzene rings is 2. The smallest absolute Gasteiger partial charge is 0.363 e. The Labute approximate surface area is 143 Å². The van der Waals surface area contributed by atoms with Gasteiger partial charge in [0.05, 0.1) is 12.0 Å². The summed E-state index contributed by atoms with van der Waals surface area (Å²) in [4.78, 5) is 26.7. The van der Waals surface area contributed by atoms with Gasteiger partial charge in [-0.15, -0.1) is 0 Å².